The Morgan fingerprint density at radius 2 is 2.12 bits per heavy atom. The van der Waals surface area contributed by atoms with Crippen molar-refractivity contribution in [1.82, 2.24) is 0 Å². The summed E-state index contributed by atoms with van der Waals surface area (Å²) < 4.78 is 30.5. The Hall–Kier alpha value is -0.960. The van der Waals surface area contributed by atoms with E-state index >= 15 is 0 Å². The number of anilines is 1. The van der Waals surface area contributed by atoms with Gasteiger partial charge in [-0.2, -0.15) is 8.42 Å². The van der Waals surface area contributed by atoms with E-state index in [0.29, 0.717) is 12.7 Å². The van der Waals surface area contributed by atoms with Crippen molar-refractivity contribution in [3.63, 3.8) is 0 Å². The molecule has 6 nitrogen and oxygen atoms in total. The highest BCUT2D eigenvalue weighted by Gasteiger charge is 2.24. The zero-order valence-electron chi connectivity index (χ0n) is 9.08. The Bertz CT molecular complexity index is 520. The summed E-state index contributed by atoms with van der Waals surface area (Å²) in [5.74, 6) is -0.721. The van der Waals surface area contributed by atoms with Crippen molar-refractivity contribution in [2.45, 2.75) is 25.2 Å². The van der Waals surface area contributed by atoms with E-state index in [9.17, 15) is 18.3 Å². The standard InChI is InChI=1S/C9H13NO5S2/c1-2-6(12)8-5(4-17(13,14)15)7(3-11)16-9(8)10/h3,6,12H,2,4,10H2,1H3,(H,13,14,15). The van der Waals surface area contributed by atoms with Crippen LogP contribution in [0.3, 0.4) is 0 Å². The van der Waals surface area contributed by atoms with E-state index in [1.165, 1.54) is 0 Å². The van der Waals surface area contributed by atoms with Crippen molar-refractivity contribution in [2.24, 2.45) is 0 Å². The maximum Gasteiger partial charge on any atom is 0.269 e. The van der Waals surface area contributed by atoms with Crippen LogP contribution < -0.4 is 5.73 Å². The van der Waals surface area contributed by atoms with Crippen molar-refractivity contribution in [1.29, 1.82) is 0 Å². The molecule has 96 valence electrons. The molecule has 0 saturated carbocycles. The maximum atomic E-state index is 10.9. The van der Waals surface area contributed by atoms with E-state index in [1.807, 2.05) is 0 Å². The van der Waals surface area contributed by atoms with Crippen LogP contribution in [0.15, 0.2) is 0 Å². The van der Waals surface area contributed by atoms with Crippen LogP contribution in [0.5, 0.6) is 0 Å². The molecule has 0 amide bonds. The number of carbonyl (C=O) groups excluding carboxylic acids is 1. The second kappa shape index (κ2) is 5.13. The fourth-order valence-electron chi connectivity index (χ4n) is 1.51. The van der Waals surface area contributed by atoms with Crippen LogP contribution in [0, 0.1) is 0 Å². The number of aldehydes is 1. The molecule has 0 aliphatic carbocycles. The van der Waals surface area contributed by atoms with Crippen LogP contribution in [-0.4, -0.2) is 24.4 Å². The molecule has 0 radical (unpaired) electrons. The number of hydrogen-bond donors (Lipinski definition) is 3. The lowest BCUT2D eigenvalue weighted by Crippen LogP contribution is -2.08. The summed E-state index contributed by atoms with van der Waals surface area (Å²) in [5, 5.41) is 9.93. The van der Waals surface area contributed by atoms with Gasteiger partial charge in [0.15, 0.2) is 6.29 Å². The highest BCUT2D eigenvalue weighted by molar-refractivity contribution is 7.85. The molecule has 4 N–H and O–H groups in total. The van der Waals surface area contributed by atoms with Crippen LogP contribution in [0.4, 0.5) is 5.00 Å². The van der Waals surface area contributed by atoms with Crippen LogP contribution in [-0.2, 0) is 15.9 Å². The maximum absolute atomic E-state index is 10.9. The molecule has 0 spiro atoms. The first-order valence-corrected chi connectivity index (χ1v) is 7.22. The number of aliphatic hydroxyl groups excluding tert-OH is 1. The van der Waals surface area contributed by atoms with E-state index in [-0.39, 0.29) is 21.0 Å². The summed E-state index contributed by atoms with van der Waals surface area (Å²) >= 11 is 0.900. The smallest absolute Gasteiger partial charge is 0.269 e. The molecule has 17 heavy (non-hydrogen) atoms. The summed E-state index contributed by atoms with van der Waals surface area (Å²) in [6, 6.07) is 0. The number of nitrogen functional groups attached to an aromatic ring is 1. The predicted octanol–water partition coefficient (Wildman–Crippen LogP) is 0.974. The highest BCUT2D eigenvalue weighted by Crippen LogP contribution is 2.36. The van der Waals surface area contributed by atoms with Crippen molar-refractivity contribution >= 4 is 32.7 Å². The number of aliphatic hydroxyl groups is 1. The fraction of sp³-hybridized carbons (Fsp3) is 0.444. The van der Waals surface area contributed by atoms with E-state index < -0.39 is 22.0 Å². The molecule has 1 atom stereocenters. The van der Waals surface area contributed by atoms with E-state index in [1.54, 1.807) is 6.92 Å². The minimum atomic E-state index is -4.28. The average Bonchev–Trinajstić information content (AvgIpc) is 2.51. The lowest BCUT2D eigenvalue weighted by atomic mass is 10.0. The van der Waals surface area contributed by atoms with E-state index in [2.05, 4.69) is 0 Å². The Morgan fingerprint density at radius 3 is 2.53 bits per heavy atom. The predicted molar refractivity (Wildman–Crippen MR) is 64.6 cm³/mol. The quantitative estimate of drug-likeness (QED) is 0.546. The second-order valence-corrected chi connectivity index (χ2v) is 6.03. The summed E-state index contributed by atoms with van der Waals surface area (Å²) in [5.41, 5.74) is 5.94. The molecule has 0 fully saturated rings. The minimum Gasteiger partial charge on any atom is -0.390 e. The summed E-state index contributed by atoms with van der Waals surface area (Å²) in [4.78, 5) is 10.9. The molecule has 0 saturated heterocycles. The zero-order chi connectivity index (χ0) is 13.2. The van der Waals surface area contributed by atoms with Crippen molar-refractivity contribution < 1.29 is 22.9 Å². The van der Waals surface area contributed by atoms with Gasteiger partial charge in [-0.05, 0) is 12.0 Å². The molecule has 1 aromatic rings. The lowest BCUT2D eigenvalue weighted by molar-refractivity contribution is 0.112. The molecule has 1 heterocycles. The molecule has 0 aliphatic heterocycles. The number of nitrogens with two attached hydrogens (primary N) is 1. The summed E-state index contributed by atoms with van der Waals surface area (Å²) in [6.07, 6.45) is -0.151. The third kappa shape index (κ3) is 3.25. The molecule has 0 aromatic carbocycles. The summed E-state index contributed by atoms with van der Waals surface area (Å²) in [7, 11) is -4.28. The third-order valence-corrected chi connectivity index (χ3v) is 3.92. The summed E-state index contributed by atoms with van der Waals surface area (Å²) in [6.45, 7) is 1.69. The molecule has 1 unspecified atom stereocenters. The second-order valence-electron chi connectivity index (χ2n) is 3.49. The monoisotopic (exact) mass is 279 g/mol. The Balaban J connectivity index is 3.37. The molecule has 8 heteroatoms. The van der Waals surface area contributed by atoms with Crippen LogP contribution in [0.2, 0.25) is 0 Å². The van der Waals surface area contributed by atoms with Gasteiger partial charge in [-0.1, -0.05) is 6.92 Å². The molecule has 0 bridgehead atoms. The molecular formula is C9H13NO5S2. The largest absolute Gasteiger partial charge is 0.390 e. The lowest BCUT2D eigenvalue weighted by Gasteiger charge is -2.10. The number of thiophene rings is 1. The van der Waals surface area contributed by atoms with E-state index in [0.717, 1.165) is 11.3 Å². The van der Waals surface area contributed by atoms with Gasteiger partial charge in [0.2, 0.25) is 0 Å². The fourth-order valence-corrected chi connectivity index (χ4v) is 3.24. The topological polar surface area (TPSA) is 118 Å². The van der Waals surface area contributed by atoms with Gasteiger partial charge in [0.1, 0.15) is 5.75 Å². The normalized spacial score (nSPS) is 13.6. The minimum absolute atomic E-state index is 0.0827. The number of hydrogen-bond acceptors (Lipinski definition) is 6. The molecule has 1 aromatic heterocycles. The first-order chi connectivity index (χ1) is 7.80. The number of carbonyl (C=O) groups is 1. The first kappa shape index (κ1) is 14.1. The molecular weight excluding hydrogens is 266 g/mol. The van der Waals surface area contributed by atoms with Gasteiger partial charge in [0.05, 0.1) is 16.0 Å². The van der Waals surface area contributed by atoms with Gasteiger partial charge in [-0.15, -0.1) is 11.3 Å². The molecule has 1 rings (SSSR count). The van der Waals surface area contributed by atoms with Gasteiger partial charge < -0.3 is 10.8 Å². The zero-order valence-corrected chi connectivity index (χ0v) is 10.7. The van der Waals surface area contributed by atoms with Gasteiger partial charge in [-0.25, -0.2) is 0 Å². The Labute approximate surface area is 103 Å². The van der Waals surface area contributed by atoms with Crippen molar-refractivity contribution in [3.05, 3.63) is 16.0 Å². The first-order valence-electron chi connectivity index (χ1n) is 4.79. The van der Waals surface area contributed by atoms with E-state index in [4.69, 9.17) is 10.3 Å². The van der Waals surface area contributed by atoms with Crippen LogP contribution >= 0.6 is 11.3 Å². The Morgan fingerprint density at radius 1 is 1.53 bits per heavy atom. The van der Waals surface area contributed by atoms with Crippen molar-refractivity contribution in [2.75, 3.05) is 5.73 Å². The van der Waals surface area contributed by atoms with Crippen molar-refractivity contribution in [3.8, 4) is 0 Å². The average molecular weight is 279 g/mol. The highest BCUT2D eigenvalue weighted by atomic mass is 32.2. The third-order valence-electron chi connectivity index (χ3n) is 2.26. The Kier molecular flexibility index (Phi) is 4.26. The van der Waals surface area contributed by atoms with Gasteiger partial charge in [0.25, 0.3) is 10.1 Å². The molecule has 0 aliphatic rings. The number of rotatable bonds is 5. The SMILES string of the molecule is CCC(O)c1c(N)sc(C=O)c1CS(=O)(=O)O. The van der Waals surface area contributed by atoms with Gasteiger partial charge in [-0.3, -0.25) is 9.35 Å². The van der Waals surface area contributed by atoms with Gasteiger partial charge >= 0.3 is 0 Å². The van der Waals surface area contributed by atoms with Gasteiger partial charge in [0, 0.05) is 5.56 Å². The van der Waals surface area contributed by atoms with Crippen LogP contribution in [0.1, 0.15) is 40.2 Å². The van der Waals surface area contributed by atoms with Crippen LogP contribution in [0.25, 0.3) is 0 Å².